The molecule has 0 atom stereocenters. The summed E-state index contributed by atoms with van der Waals surface area (Å²) in [5, 5.41) is 5.98. The van der Waals surface area contributed by atoms with E-state index in [1.54, 1.807) is 0 Å². The number of rotatable bonds is 5. The van der Waals surface area contributed by atoms with E-state index in [9.17, 15) is 4.79 Å². The highest BCUT2D eigenvalue weighted by Crippen LogP contribution is 2.09. The summed E-state index contributed by atoms with van der Waals surface area (Å²) >= 11 is 0. The quantitative estimate of drug-likeness (QED) is 0.489. The van der Waals surface area contributed by atoms with Crippen molar-refractivity contribution in [3.8, 4) is 0 Å². The van der Waals surface area contributed by atoms with Crippen LogP contribution in [0, 0.1) is 13.8 Å². The molecule has 0 radical (unpaired) electrons. The molecule has 0 aliphatic heterocycles. The van der Waals surface area contributed by atoms with Crippen molar-refractivity contribution in [1.82, 2.24) is 15.6 Å². The van der Waals surface area contributed by atoms with Crippen LogP contribution >= 0.6 is 0 Å². The number of esters is 1. The molecule has 2 N–H and O–H groups in total. The van der Waals surface area contributed by atoms with E-state index in [4.69, 9.17) is 9.15 Å². The molecule has 0 spiro atoms. The van der Waals surface area contributed by atoms with Crippen LogP contribution < -0.4 is 10.6 Å². The number of hydrogen-bond acceptors (Lipinski definition) is 5. The van der Waals surface area contributed by atoms with Crippen LogP contribution in [0.2, 0.25) is 0 Å². The lowest BCUT2D eigenvalue weighted by Crippen LogP contribution is -2.41. The van der Waals surface area contributed by atoms with Crippen LogP contribution in [0.3, 0.4) is 0 Å². The zero-order valence-electron chi connectivity index (χ0n) is 14.2. The van der Waals surface area contributed by atoms with Crippen LogP contribution in [0.1, 0.15) is 45.0 Å². The smallest absolute Gasteiger partial charge is 0.325 e. The van der Waals surface area contributed by atoms with Gasteiger partial charge in [0.2, 0.25) is 5.89 Å². The summed E-state index contributed by atoms with van der Waals surface area (Å²) in [6, 6.07) is 0. The second kappa shape index (κ2) is 7.82. The van der Waals surface area contributed by atoms with Crippen molar-refractivity contribution in [3.63, 3.8) is 0 Å². The Labute approximate surface area is 131 Å². The van der Waals surface area contributed by atoms with Crippen molar-refractivity contribution in [1.29, 1.82) is 0 Å². The van der Waals surface area contributed by atoms with Crippen LogP contribution in [-0.4, -0.2) is 35.6 Å². The maximum Gasteiger partial charge on any atom is 0.325 e. The van der Waals surface area contributed by atoms with E-state index in [0.717, 1.165) is 11.5 Å². The van der Waals surface area contributed by atoms with E-state index >= 15 is 0 Å². The maximum absolute atomic E-state index is 11.7. The van der Waals surface area contributed by atoms with E-state index in [0.29, 0.717) is 24.9 Å². The van der Waals surface area contributed by atoms with Gasteiger partial charge >= 0.3 is 5.97 Å². The number of hydrogen-bond donors (Lipinski definition) is 2. The topological polar surface area (TPSA) is 88.8 Å². The van der Waals surface area contributed by atoms with Gasteiger partial charge in [0, 0.05) is 6.54 Å². The monoisotopic (exact) mass is 310 g/mol. The van der Waals surface area contributed by atoms with Gasteiger partial charge in [-0.1, -0.05) is 0 Å². The number of ether oxygens (including phenoxy) is 1. The maximum atomic E-state index is 11.7. The molecule has 0 unspecified atom stereocenters. The Bertz CT molecular complexity index is 510. The number of carbonyl (C=O) groups is 1. The van der Waals surface area contributed by atoms with Gasteiger partial charge < -0.3 is 19.8 Å². The molecule has 0 aliphatic carbocycles. The molecule has 0 amide bonds. The molecule has 1 aromatic heterocycles. The Balaban J connectivity index is 2.57. The summed E-state index contributed by atoms with van der Waals surface area (Å²) < 4.78 is 10.7. The fourth-order valence-corrected chi connectivity index (χ4v) is 1.63. The number of nitrogens with zero attached hydrogens (tertiary/aromatic N) is 2. The minimum Gasteiger partial charge on any atom is -0.459 e. The normalized spacial score (nSPS) is 12.2. The molecule has 0 aliphatic rings. The van der Waals surface area contributed by atoms with Crippen LogP contribution in [0.15, 0.2) is 9.41 Å². The highest BCUT2D eigenvalue weighted by Gasteiger charge is 2.16. The van der Waals surface area contributed by atoms with Crippen molar-refractivity contribution in [3.05, 3.63) is 17.3 Å². The molecule has 0 saturated carbocycles. The largest absolute Gasteiger partial charge is 0.459 e. The average Bonchev–Trinajstić information content (AvgIpc) is 2.70. The van der Waals surface area contributed by atoms with Gasteiger partial charge in [-0.2, -0.15) is 0 Å². The van der Waals surface area contributed by atoms with Gasteiger partial charge in [-0.25, -0.2) is 9.98 Å². The summed E-state index contributed by atoms with van der Waals surface area (Å²) in [4.78, 5) is 20.3. The van der Waals surface area contributed by atoms with Gasteiger partial charge in [0.1, 0.15) is 24.5 Å². The fraction of sp³-hybridized carbons (Fsp3) is 0.667. The minimum atomic E-state index is -0.499. The highest BCUT2D eigenvalue weighted by molar-refractivity contribution is 5.84. The average molecular weight is 310 g/mol. The van der Waals surface area contributed by atoms with Crippen LogP contribution in [0.25, 0.3) is 0 Å². The number of carbonyl (C=O) groups excluding carboxylic acids is 1. The molecule has 1 heterocycles. The molecule has 1 rings (SSSR count). The predicted octanol–water partition coefficient (Wildman–Crippen LogP) is 1.69. The van der Waals surface area contributed by atoms with Crippen LogP contribution in [0.4, 0.5) is 0 Å². The molecule has 124 valence electrons. The predicted molar refractivity (Wildman–Crippen MR) is 84.6 cm³/mol. The molecule has 0 saturated heterocycles. The summed E-state index contributed by atoms with van der Waals surface area (Å²) in [5.41, 5.74) is 0.360. The first-order valence-corrected chi connectivity index (χ1v) is 7.38. The third kappa shape index (κ3) is 6.60. The fourth-order valence-electron chi connectivity index (χ4n) is 1.63. The molecule has 7 heteroatoms. The van der Waals surface area contributed by atoms with E-state index in [-0.39, 0.29) is 12.5 Å². The molecule has 0 fully saturated rings. The number of guanidine groups is 1. The van der Waals surface area contributed by atoms with Crippen molar-refractivity contribution in [2.24, 2.45) is 4.99 Å². The van der Waals surface area contributed by atoms with E-state index < -0.39 is 5.60 Å². The zero-order chi connectivity index (χ0) is 16.8. The molecule has 0 bridgehead atoms. The lowest BCUT2D eigenvalue weighted by Gasteiger charge is -2.20. The van der Waals surface area contributed by atoms with Crippen molar-refractivity contribution in [2.45, 2.75) is 53.7 Å². The first-order valence-electron chi connectivity index (χ1n) is 7.38. The molecule has 0 aromatic carbocycles. The summed E-state index contributed by atoms with van der Waals surface area (Å²) in [6.45, 7) is 12.2. The number of nitrogens with one attached hydrogen (secondary N) is 2. The van der Waals surface area contributed by atoms with Gasteiger partial charge in [0.15, 0.2) is 5.96 Å². The zero-order valence-corrected chi connectivity index (χ0v) is 14.2. The van der Waals surface area contributed by atoms with Gasteiger partial charge in [0.05, 0.1) is 5.69 Å². The Morgan fingerprint density at radius 3 is 2.50 bits per heavy atom. The van der Waals surface area contributed by atoms with E-state index in [2.05, 4.69) is 20.6 Å². The van der Waals surface area contributed by atoms with Crippen molar-refractivity contribution < 1.29 is 13.9 Å². The van der Waals surface area contributed by atoms with Gasteiger partial charge in [-0.3, -0.25) is 4.79 Å². The van der Waals surface area contributed by atoms with Gasteiger partial charge in [-0.15, -0.1) is 0 Å². The molecular formula is C15H26N4O3. The summed E-state index contributed by atoms with van der Waals surface area (Å²) in [5.74, 6) is 1.52. The standard InChI is InChI=1S/C15H26N4O3/c1-7-16-14(18-9-13(20)22-15(4,5)6)17-8-12-19-10(2)11(3)21-12/h7-9H2,1-6H3,(H2,16,17,18). The van der Waals surface area contributed by atoms with Gasteiger partial charge in [-0.05, 0) is 41.5 Å². The number of aryl methyl sites for hydroxylation is 2. The second-order valence-electron chi connectivity index (χ2n) is 5.88. The Morgan fingerprint density at radius 2 is 2.00 bits per heavy atom. The minimum absolute atomic E-state index is 0.0484. The van der Waals surface area contributed by atoms with E-state index in [1.807, 2.05) is 41.5 Å². The molecular weight excluding hydrogens is 284 g/mol. The molecule has 22 heavy (non-hydrogen) atoms. The van der Waals surface area contributed by atoms with Crippen molar-refractivity contribution >= 4 is 11.9 Å². The third-order valence-corrected chi connectivity index (χ3v) is 2.61. The Morgan fingerprint density at radius 1 is 1.32 bits per heavy atom. The first kappa shape index (κ1) is 18.0. The number of aliphatic imine (C=N–C) groups is 1. The van der Waals surface area contributed by atoms with E-state index in [1.165, 1.54) is 0 Å². The number of oxazole rings is 1. The lowest BCUT2D eigenvalue weighted by atomic mass is 10.2. The van der Waals surface area contributed by atoms with Crippen LogP contribution in [0.5, 0.6) is 0 Å². The third-order valence-electron chi connectivity index (χ3n) is 2.61. The number of aromatic nitrogens is 1. The Hall–Kier alpha value is -2.05. The molecule has 7 nitrogen and oxygen atoms in total. The second-order valence-corrected chi connectivity index (χ2v) is 5.88. The highest BCUT2D eigenvalue weighted by atomic mass is 16.6. The summed E-state index contributed by atoms with van der Waals surface area (Å²) in [6.07, 6.45) is 0. The SMILES string of the molecule is CCNC(=NCc1nc(C)c(C)o1)NCC(=O)OC(C)(C)C. The lowest BCUT2D eigenvalue weighted by molar-refractivity contribution is -0.153. The van der Waals surface area contributed by atoms with Gasteiger partial charge in [0.25, 0.3) is 0 Å². The van der Waals surface area contributed by atoms with Crippen LogP contribution in [-0.2, 0) is 16.1 Å². The Kier molecular flexibility index (Phi) is 6.39. The molecule has 1 aromatic rings. The van der Waals surface area contributed by atoms with Crippen molar-refractivity contribution in [2.75, 3.05) is 13.1 Å². The summed E-state index contributed by atoms with van der Waals surface area (Å²) in [7, 11) is 0. The first-order chi connectivity index (χ1) is 10.2.